The molecule has 1 aromatic heterocycles. The van der Waals surface area contributed by atoms with Crippen molar-refractivity contribution in [3.05, 3.63) is 77.4 Å². The zero-order valence-electron chi connectivity index (χ0n) is 23.7. The molecule has 3 N–H and O–H groups in total. The van der Waals surface area contributed by atoms with Crippen LogP contribution in [0.2, 0.25) is 0 Å². The van der Waals surface area contributed by atoms with Gasteiger partial charge in [-0.3, -0.25) is 9.48 Å². The van der Waals surface area contributed by atoms with Crippen LogP contribution >= 0.6 is 0 Å². The van der Waals surface area contributed by atoms with Crippen molar-refractivity contribution in [2.45, 2.75) is 66.6 Å². The maximum Gasteiger partial charge on any atom is 0.204 e. The topological polar surface area (TPSA) is 93.2 Å². The van der Waals surface area contributed by atoms with E-state index >= 15 is 0 Å². The summed E-state index contributed by atoms with van der Waals surface area (Å²) in [5.41, 5.74) is 8.77. The summed E-state index contributed by atoms with van der Waals surface area (Å²) < 4.78 is 15.3. The number of nitrogens with zero attached hydrogens (tertiary/aromatic N) is 3. The molecular formula is C30H44FN5O2. The van der Waals surface area contributed by atoms with Gasteiger partial charge in [0.2, 0.25) is 6.41 Å². The van der Waals surface area contributed by atoms with Crippen LogP contribution < -0.4 is 11.1 Å². The van der Waals surface area contributed by atoms with Gasteiger partial charge in [-0.25, -0.2) is 4.39 Å². The number of unbranched alkanes of at least 4 members (excludes halogenated alkanes) is 1. The summed E-state index contributed by atoms with van der Waals surface area (Å²) >= 11 is 0. The Morgan fingerprint density at radius 1 is 1.18 bits per heavy atom. The highest BCUT2D eigenvalue weighted by Gasteiger charge is 2.26. The zero-order valence-corrected chi connectivity index (χ0v) is 23.7. The van der Waals surface area contributed by atoms with Gasteiger partial charge in [0, 0.05) is 37.3 Å². The highest BCUT2D eigenvalue weighted by molar-refractivity contribution is 5.82. The number of fused-ring (bicyclic) bond motifs is 1. The van der Waals surface area contributed by atoms with E-state index in [1.165, 1.54) is 24.3 Å². The fourth-order valence-corrected chi connectivity index (χ4v) is 4.00. The summed E-state index contributed by atoms with van der Waals surface area (Å²) in [6, 6.07) is 15.3. The molecule has 0 aliphatic heterocycles. The summed E-state index contributed by atoms with van der Waals surface area (Å²) in [5.74, 6) is -0.216. The Morgan fingerprint density at radius 3 is 2.37 bits per heavy atom. The first-order valence-corrected chi connectivity index (χ1v) is 12.8. The molecule has 0 saturated carbocycles. The third-order valence-corrected chi connectivity index (χ3v) is 6.33. The summed E-state index contributed by atoms with van der Waals surface area (Å²) in [5, 5.41) is 9.91. The Labute approximate surface area is 226 Å². The average Bonchev–Trinajstić information content (AvgIpc) is 3.24. The highest BCUT2D eigenvalue weighted by atomic mass is 19.1. The molecular weight excluding hydrogens is 481 g/mol. The second-order valence-electron chi connectivity index (χ2n) is 10.2. The van der Waals surface area contributed by atoms with Crippen LogP contribution in [0.3, 0.4) is 0 Å². The van der Waals surface area contributed by atoms with E-state index in [-0.39, 0.29) is 17.6 Å². The number of primary amides is 1. The van der Waals surface area contributed by atoms with Crippen LogP contribution in [0, 0.1) is 11.2 Å². The van der Waals surface area contributed by atoms with Crippen LogP contribution in [-0.4, -0.2) is 47.5 Å². The predicted octanol–water partition coefficient (Wildman–Crippen LogP) is 5.28. The molecule has 7 nitrogen and oxygen atoms in total. The number of hydrogen-bond acceptors (Lipinski definition) is 5. The van der Waals surface area contributed by atoms with Crippen LogP contribution in [-0.2, 0) is 22.7 Å². The molecule has 1 heterocycles. The molecule has 1 unspecified atom stereocenters. The van der Waals surface area contributed by atoms with Gasteiger partial charge in [-0.2, -0.15) is 5.10 Å². The number of carbonyl (C=O) groups is 2. The smallest absolute Gasteiger partial charge is 0.204 e. The molecule has 1 atom stereocenters. The molecule has 0 radical (unpaired) electrons. The lowest BCUT2D eigenvalue weighted by Gasteiger charge is -2.36. The monoisotopic (exact) mass is 525 g/mol. The minimum absolute atomic E-state index is 0.103. The number of aromatic nitrogens is 2. The summed E-state index contributed by atoms with van der Waals surface area (Å²) in [7, 11) is 2.18. The second kappa shape index (κ2) is 16.3. The number of nitrogens with two attached hydrogens (primary N) is 1. The van der Waals surface area contributed by atoms with Crippen molar-refractivity contribution in [2.24, 2.45) is 11.1 Å². The lowest BCUT2D eigenvalue weighted by molar-refractivity contribution is -0.107. The molecule has 0 bridgehead atoms. The molecule has 8 heteroatoms. The largest absolute Gasteiger partial charge is 0.377 e. The summed E-state index contributed by atoms with van der Waals surface area (Å²) in [6.45, 7) is 15.5. The van der Waals surface area contributed by atoms with E-state index in [0.29, 0.717) is 19.1 Å². The van der Waals surface area contributed by atoms with Crippen LogP contribution in [0.15, 0.2) is 60.3 Å². The molecule has 1 amide bonds. The Kier molecular flexibility index (Phi) is 14.0. The lowest BCUT2D eigenvalue weighted by atomic mass is 9.86. The molecule has 0 aliphatic carbocycles. The van der Waals surface area contributed by atoms with Crippen molar-refractivity contribution in [2.75, 3.05) is 13.6 Å². The first-order chi connectivity index (χ1) is 18.1. The number of allylic oxidation sites excluding steroid dienone is 2. The van der Waals surface area contributed by atoms with E-state index in [0.717, 1.165) is 35.1 Å². The zero-order chi connectivity index (χ0) is 28.7. The fourth-order valence-electron chi connectivity index (χ4n) is 4.00. The van der Waals surface area contributed by atoms with Crippen molar-refractivity contribution in [3.63, 3.8) is 0 Å². The van der Waals surface area contributed by atoms with E-state index in [1.807, 2.05) is 29.7 Å². The second-order valence-corrected chi connectivity index (χ2v) is 10.2. The standard InChI is InChI=1S/C28H39FN4.CH3NO.CH2O/c1-7-8-11-21(2)32(6)20-27(28(3,4)5)30-18-25-24-12-9-10-13-26(24)33(31-25)19-22-14-16-23(29)17-15-22;2-1-3;1-2/h9-17,27,30H,7-8,18-20H2,1-6H3;1H,(H2,2,3);1H2/b21-11+;;. The van der Waals surface area contributed by atoms with Crippen LogP contribution in [0.5, 0.6) is 0 Å². The number of para-hydroxylation sites is 1. The third-order valence-electron chi connectivity index (χ3n) is 6.33. The van der Waals surface area contributed by atoms with Crippen molar-refractivity contribution >= 4 is 24.1 Å². The average molecular weight is 526 g/mol. The molecule has 0 spiro atoms. The number of rotatable bonds is 10. The first kappa shape index (κ1) is 32.5. The molecule has 0 aliphatic rings. The molecule has 0 saturated heterocycles. The number of likely N-dealkylation sites (N-methyl/N-ethyl adjacent to an activating group) is 1. The number of nitrogens with one attached hydrogen (secondary N) is 1. The number of amides is 1. The van der Waals surface area contributed by atoms with Crippen molar-refractivity contribution in [1.29, 1.82) is 0 Å². The van der Waals surface area contributed by atoms with Gasteiger partial charge in [-0.1, -0.05) is 70.5 Å². The molecule has 3 rings (SSSR count). The SMILES string of the molecule is C=O.CCC/C=C(\C)N(C)CC(NCc1nn(Cc2ccc(F)cc2)c2ccccc12)C(C)(C)C.NC=O. The Balaban J connectivity index is 0.00000135. The van der Waals surface area contributed by atoms with Crippen molar-refractivity contribution < 1.29 is 14.0 Å². The molecule has 208 valence electrons. The minimum Gasteiger partial charge on any atom is -0.377 e. The highest BCUT2D eigenvalue weighted by Crippen LogP contribution is 2.24. The van der Waals surface area contributed by atoms with Crippen LogP contribution in [0.1, 0.15) is 58.7 Å². The Hall–Kier alpha value is -3.52. The Morgan fingerprint density at radius 2 is 1.79 bits per heavy atom. The number of hydrogen-bond donors (Lipinski definition) is 2. The molecule has 0 fully saturated rings. The number of carbonyl (C=O) groups excluding carboxylic acids is 2. The van der Waals surface area contributed by atoms with E-state index < -0.39 is 0 Å². The summed E-state index contributed by atoms with van der Waals surface area (Å²) in [4.78, 5) is 18.9. The van der Waals surface area contributed by atoms with E-state index in [1.54, 1.807) is 0 Å². The van der Waals surface area contributed by atoms with Gasteiger partial charge in [0.25, 0.3) is 0 Å². The van der Waals surface area contributed by atoms with Crippen molar-refractivity contribution in [3.8, 4) is 0 Å². The van der Waals surface area contributed by atoms with E-state index in [2.05, 4.69) is 81.9 Å². The van der Waals surface area contributed by atoms with Gasteiger partial charge in [0.15, 0.2) is 0 Å². The van der Waals surface area contributed by atoms with Gasteiger partial charge < -0.3 is 20.7 Å². The number of halogens is 1. The quantitative estimate of drug-likeness (QED) is 0.351. The Bertz CT molecular complexity index is 1140. The van der Waals surface area contributed by atoms with E-state index in [4.69, 9.17) is 14.7 Å². The first-order valence-electron chi connectivity index (χ1n) is 12.8. The lowest BCUT2D eigenvalue weighted by Crippen LogP contribution is -2.47. The molecule has 3 aromatic rings. The van der Waals surface area contributed by atoms with E-state index in [9.17, 15) is 4.39 Å². The van der Waals surface area contributed by atoms with Crippen LogP contribution in [0.25, 0.3) is 10.9 Å². The van der Waals surface area contributed by atoms with Gasteiger partial charge in [0.1, 0.15) is 12.6 Å². The maximum atomic E-state index is 13.3. The normalized spacial score (nSPS) is 12.1. The van der Waals surface area contributed by atoms with Crippen LogP contribution in [0.4, 0.5) is 4.39 Å². The van der Waals surface area contributed by atoms with Gasteiger partial charge >= 0.3 is 0 Å². The minimum atomic E-state index is -0.216. The molecule has 38 heavy (non-hydrogen) atoms. The summed E-state index contributed by atoms with van der Waals surface area (Å²) in [6.07, 6.45) is 4.85. The third kappa shape index (κ3) is 10.1. The predicted molar refractivity (Wildman–Crippen MR) is 154 cm³/mol. The van der Waals surface area contributed by atoms with Gasteiger partial charge in [-0.15, -0.1) is 0 Å². The maximum absolute atomic E-state index is 13.3. The van der Waals surface area contributed by atoms with Gasteiger partial charge in [0.05, 0.1) is 17.8 Å². The van der Waals surface area contributed by atoms with Gasteiger partial charge in [-0.05, 0) is 42.5 Å². The fraction of sp³-hybridized carbons (Fsp3) is 0.433. The number of benzene rings is 2. The molecule has 2 aromatic carbocycles. The van der Waals surface area contributed by atoms with Crippen molar-refractivity contribution in [1.82, 2.24) is 20.0 Å².